The van der Waals surface area contributed by atoms with E-state index in [-0.39, 0.29) is 19.1 Å². The molecule has 1 amide bonds. The largest absolute Gasteiger partial charge is 0.454 e. The monoisotopic (exact) mass is 334 g/mol. The Morgan fingerprint density at radius 2 is 1.83 bits per heavy atom. The predicted molar refractivity (Wildman–Crippen MR) is 93.1 cm³/mol. The maximum absolute atomic E-state index is 11.8. The van der Waals surface area contributed by atoms with Gasteiger partial charge in [0.15, 0.2) is 6.61 Å². The Morgan fingerprint density at radius 3 is 2.46 bits per heavy atom. The van der Waals surface area contributed by atoms with Crippen LogP contribution in [-0.4, -0.2) is 44.8 Å². The fraction of sp³-hybridized carbons (Fsp3) is 0.556. The van der Waals surface area contributed by atoms with Crippen molar-refractivity contribution in [2.75, 3.05) is 43.1 Å². The summed E-state index contributed by atoms with van der Waals surface area (Å²) in [5.74, 6) is -0.105. The molecule has 24 heavy (non-hydrogen) atoms. The molecule has 1 heterocycles. The maximum atomic E-state index is 11.8. The number of hydrogen-bond donors (Lipinski definition) is 1. The third kappa shape index (κ3) is 5.85. The molecular formula is C18H26N2O4. The molecule has 1 aliphatic rings. The lowest BCUT2D eigenvalue weighted by atomic mass is 9.99. The summed E-state index contributed by atoms with van der Waals surface area (Å²) >= 11 is 0. The predicted octanol–water partition coefficient (Wildman–Crippen LogP) is 2.44. The Labute approximate surface area is 143 Å². The lowest BCUT2D eigenvalue weighted by Crippen LogP contribution is -2.32. The third-order valence-electron chi connectivity index (χ3n) is 4.09. The summed E-state index contributed by atoms with van der Waals surface area (Å²) in [5, 5.41) is 2.72. The molecule has 0 saturated carbocycles. The van der Waals surface area contributed by atoms with Crippen LogP contribution in [0.4, 0.5) is 11.4 Å². The van der Waals surface area contributed by atoms with Crippen LogP contribution in [0.2, 0.25) is 0 Å². The number of benzene rings is 1. The van der Waals surface area contributed by atoms with E-state index in [1.54, 1.807) is 6.92 Å². The van der Waals surface area contributed by atoms with Gasteiger partial charge in [-0.15, -0.1) is 0 Å². The highest BCUT2D eigenvalue weighted by Crippen LogP contribution is 2.24. The fourth-order valence-electron chi connectivity index (χ4n) is 2.59. The molecule has 0 radical (unpaired) electrons. The number of carbonyl (C=O) groups is 2. The zero-order valence-corrected chi connectivity index (χ0v) is 14.4. The number of anilines is 2. The first-order valence-corrected chi connectivity index (χ1v) is 8.46. The second-order valence-corrected chi connectivity index (χ2v) is 6.06. The van der Waals surface area contributed by atoms with Gasteiger partial charge in [0.25, 0.3) is 5.91 Å². The quantitative estimate of drug-likeness (QED) is 0.776. The molecule has 1 saturated heterocycles. The smallest absolute Gasteiger partial charge is 0.332 e. The average Bonchev–Trinajstić information content (AvgIpc) is 2.59. The number of esters is 1. The van der Waals surface area contributed by atoms with E-state index in [0.29, 0.717) is 12.3 Å². The molecule has 0 aliphatic carbocycles. The standard InChI is InChI=1S/C18H26N2O4/c1-3-23-13-18(22)24-12-17(21)19-15-4-6-16(7-5-15)20-10-8-14(2)9-11-20/h4-7,14H,3,8-13H2,1-2H3,(H,19,21). The van der Waals surface area contributed by atoms with Crippen LogP contribution in [0, 0.1) is 5.92 Å². The number of piperidine rings is 1. The highest BCUT2D eigenvalue weighted by Gasteiger charge is 2.16. The molecule has 6 nitrogen and oxygen atoms in total. The fourth-order valence-corrected chi connectivity index (χ4v) is 2.59. The topological polar surface area (TPSA) is 67.9 Å². The number of nitrogens with one attached hydrogen (secondary N) is 1. The van der Waals surface area contributed by atoms with Gasteiger partial charge in [-0.1, -0.05) is 6.92 Å². The van der Waals surface area contributed by atoms with Crippen LogP contribution >= 0.6 is 0 Å². The van der Waals surface area contributed by atoms with Crippen molar-refractivity contribution < 1.29 is 19.1 Å². The van der Waals surface area contributed by atoms with Gasteiger partial charge in [0.05, 0.1) is 0 Å². The Hall–Kier alpha value is -2.08. The third-order valence-corrected chi connectivity index (χ3v) is 4.09. The van der Waals surface area contributed by atoms with E-state index in [1.165, 1.54) is 18.5 Å². The van der Waals surface area contributed by atoms with Crippen LogP contribution in [0.25, 0.3) is 0 Å². The van der Waals surface area contributed by atoms with Crippen molar-refractivity contribution in [3.05, 3.63) is 24.3 Å². The summed E-state index contributed by atoms with van der Waals surface area (Å²) in [6.07, 6.45) is 2.43. The van der Waals surface area contributed by atoms with Crippen molar-refractivity contribution in [1.82, 2.24) is 0 Å². The zero-order chi connectivity index (χ0) is 17.4. The lowest BCUT2D eigenvalue weighted by Gasteiger charge is -2.32. The molecule has 132 valence electrons. The Bertz CT molecular complexity index is 536. The highest BCUT2D eigenvalue weighted by atomic mass is 16.6. The molecule has 6 heteroatoms. The van der Waals surface area contributed by atoms with Gasteiger partial charge < -0.3 is 19.7 Å². The number of amides is 1. The number of hydrogen-bond acceptors (Lipinski definition) is 5. The molecule has 0 spiro atoms. The summed E-state index contributed by atoms with van der Waals surface area (Å²) < 4.78 is 9.74. The first kappa shape index (κ1) is 18.3. The van der Waals surface area contributed by atoms with Crippen LogP contribution in [0.3, 0.4) is 0 Å². The van der Waals surface area contributed by atoms with E-state index in [2.05, 4.69) is 17.1 Å². The summed E-state index contributed by atoms with van der Waals surface area (Å²) in [5.41, 5.74) is 1.86. The molecule has 1 aromatic rings. The van der Waals surface area contributed by atoms with E-state index in [0.717, 1.165) is 19.0 Å². The Balaban J connectivity index is 1.76. The van der Waals surface area contributed by atoms with E-state index >= 15 is 0 Å². The van der Waals surface area contributed by atoms with Crippen LogP contribution in [-0.2, 0) is 19.1 Å². The van der Waals surface area contributed by atoms with Crippen molar-refractivity contribution in [2.24, 2.45) is 5.92 Å². The number of ether oxygens (including phenoxy) is 2. The highest BCUT2D eigenvalue weighted by molar-refractivity contribution is 5.93. The molecule has 1 aliphatic heterocycles. The second-order valence-electron chi connectivity index (χ2n) is 6.06. The molecule has 0 unspecified atom stereocenters. The Morgan fingerprint density at radius 1 is 1.17 bits per heavy atom. The summed E-state index contributed by atoms with van der Waals surface area (Å²) in [4.78, 5) is 25.4. The zero-order valence-electron chi connectivity index (χ0n) is 14.4. The molecule has 1 fully saturated rings. The molecule has 1 aromatic carbocycles. The number of nitrogens with zero attached hydrogens (tertiary/aromatic N) is 1. The van der Waals surface area contributed by atoms with Gasteiger partial charge in [-0.2, -0.15) is 0 Å². The molecule has 0 bridgehead atoms. The first-order chi connectivity index (χ1) is 11.6. The SMILES string of the molecule is CCOCC(=O)OCC(=O)Nc1ccc(N2CCC(C)CC2)cc1. The van der Waals surface area contributed by atoms with Crippen molar-refractivity contribution in [1.29, 1.82) is 0 Å². The van der Waals surface area contributed by atoms with Crippen LogP contribution in [0.1, 0.15) is 26.7 Å². The van der Waals surface area contributed by atoms with Crippen molar-refractivity contribution in [2.45, 2.75) is 26.7 Å². The summed E-state index contributed by atoms with van der Waals surface area (Å²) in [6.45, 7) is 6.21. The molecule has 2 rings (SSSR count). The van der Waals surface area contributed by atoms with E-state index < -0.39 is 5.97 Å². The minimum absolute atomic E-state index is 0.132. The van der Waals surface area contributed by atoms with Gasteiger partial charge in [0.1, 0.15) is 6.61 Å². The van der Waals surface area contributed by atoms with E-state index in [1.807, 2.05) is 24.3 Å². The number of carbonyl (C=O) groups excluding carboxylic acids is 2. The average molecular weight is 334 g/mol. The lowest BCUT2D eigenvalue weighted by molar-refractivity contribution is -0.151. The Kier molecular flexibility index (Phi) is 7.06. The van der Waals surface area contributed by atoms with Gasteiger partial charge in [-0.25, -0.2) is 4.79 Å². The summed E-state index contributed by atoms with van der Waals surface area (Å²) in [6, 6.07) is 7.75. The van der Waals surface area contributed by atoms with Crippen LogP contribution in [0.15, 0.2) is 24.3 Å². The van der Waals surface area contributed by atoms with Gasteiger partial charge in [0.2, 0.25) is 0 Å². The number of rotatable bonds is 7. The van der Waals surface area contributed by atoms with Gasteiger partial charge in [-0.3, -0.25) is 4.79 Å². The second kappa shape index (κ2) is 9.27. The minimum atomic E-state index is -0.540. The minimum Gasteiger partial charge on any atom is -0.454 e. The van der Waals surface area contributed by atoms with Crippen molar-refractivity contribution >= 4 is 23.3 Å². The molecule has 0 aromatic heterocycles. The van der Waals surface area contributed by atoms with Crippen molar-refractivity contribution in [3.63, 3.8) is 0 Å². The summed E-state index contributed by atoms with van der Waals surface area (Å²) in [7, 11) is 0. The molecule has 0 atom stereocenters. The first-order valence-electron chi connectivity index (χ1n) is 8.46. The van der Waals surface area contributed by atoms with Gasteiger partial charge in [0, 0.05) is 31.1 Å². The van der Waals surface area contributed by atoms with Crippen molar-refractivity contribution in [3.8, 4) is 0 Å². The van der Waals surface area contributed by atoms with E-state index in [4.69, 9.17) is 9.47 Å². The molecule has 1 N–H and O–H groups in total. The van der Waals surface area contributed by atoms with Gasteiger partial charge >= 0.3 is 5.97 Å². The van der Waals surface area contributed by atoms with Gasteiger partial charge in [-0.05, 0) is 49.9 Å². The van der Waals surface area contributed by atoms with Crippen LogP contribution in [0.5, 0.6) is 0 Å². The maximum Gasteiger partial charge on any atom is 0.332 e. The molecular weight excluding hydrogens is 308 g/mol. The van der Waals surface area contributed by atoms with E-state index in [9.17, 15) is 9.59 Å². The van der Waals surface area contributed by atoms with Crippen LogP contribution < -0.4 is 10.2 Å². The normalized spacial score (nSPS) is 15.2.